The van der Waals surface area contributed by atoms with E-state index in [-0.39, 0.29) is 23.3 Å². The van der Waals surface area contributed by atoms with Crippen LogP contribution in [0.4, 0.5) is 0 Å². The van der Waals surface area contributed by atoms with Crippen molar-refractivity contribution in [2.24, 2.45) is 11.7 Å². The van der Waals surface area contributed by atoms with E-state index in [9.17, 15) is 4.79 Å². The third-order valence-corrected chi connectivity index (χ3v) is 4.75. The lowest BCUT2D eigenvalue weighted by Crippen LogP contribution is -2.44. The molecular weight excluding hydrogens is 248 g/mol. The second-order valence-corrected chi connectivity index (χ2v) is 6.22. The van der Waals surface area contributed by atoms with Crippen LogP contribution in [-0.4, -0.2) is 18.5 Å². The van der Waals surface area contributed by atoms with Gasteiger partial charge < -0.3 is 11.1 Å². The van der Waals surface area contributed by atoms with Crippen molar-refractivity contribution in [2.45, 2.75) is 51.0 Å². The van der Waals surface area contributed by atoms with E-state index in [0.29, 0.717) is 0 Å². The molecule has 1 aromatic rings. The summed E-state index contributed by atoms with van der Waals surface area (Å²) in [4.78, 5) is 12.1. The van der Waals surface area contributed by atoms with Gasteiger partial charge in [0.05, 0.1) is 0 Å². The molecule has 20 heavy (non-hydrogen) atoms. The van der Waals surface area contributed by atoms with E-state index in [2.05, 4.69) is 29.6 Å². The Hall–Kier alpha value is -1.35. The Balaban J connectivity index is 2.06. The summed E-state index contributed by atoms with van der Waals surface area (Å²) in [6.07, 6.45) is 4.80. The Kier molecular flexibility index (Phi) is 4.81. The van der Waals surface area contributed by atoms with Gasteiger partial charge in [0.2, 0.25) is 5.91 Å². The second-order valence-electron chi connectivity index (χ2n) is 6.22. The first-order chi connectivity index (χ1) is 9.55. The third kappa shape index (κ3) is 3.21. The zero-order chi connectivity index (χ0) is 14.6. The van der Waals surface area contributed by atoms with Gasteiger partial charge in [-0.25, -0.2) is 0 Å². The van der Waals surface area contributed by atoms with Crippen LogP contribution in [0.15, 0.2) is 30.3 Å². The fraction of sp³-hybridized carbons (Fsp3) is 0.588. The van der Waals surface area contributed by atoms with Crippen molar-refractivity contribution in [3.63, 3.8) is 0 Å². The largest absolute Gasteiger partial charge is 0.355 e. The normalized spacial score (nSPS) is 20.4. The van der Waals surface area contributed by atoms with E-state index in [0.717, 1.165) is 19.4 Å². The molecule has 1 aromatic carbocycles. The molecule has 3 heteroatoms. The van der Waals surface area contributed by atoms with E-state index >= 15 is 0 Å². The predicted molar refractivity (Wildman–Crippen MR) is 82.4 cm³/mol. The summed E-state index contributed by atoms with van der Waals surface area (Å²) >= 11 is 0. The van der Waals surface area contributed by atoms with Crippen molar-refractivity contribution in [3.05, 3.63) is 35.9 Å². The highest BCUT2D eigenvalue weighted by Gasteiger charge is 2.36. The zero-order valence-electron chi connectivity index (χ0n) is 12.6. The maximum Gasteiger partial charge on any atom is 0.224 e. The molecule has 2 atom stereocenters. The molecule has 0 bridgehead atoms. The maximum absolute atomic E-state index is 12.1. The van der Waals surface area contributed by atoms with Gasteiger partial charge in [-0.3, -0.25) is 4.79 Å². The number of hydrogen-bond acceptors (Lipinski definition) is 2. The van der Waals surface area contributed by atoms with E-state index in [1.807, 2.05) is 19.9 Å². The minimum absolute atomic E-state index is 0.0715. The molecule has 0 saturated heterocycles. The van der Waals surface area contributed by atoms with Crippen LogP contribution in [-0.2, 0) is 10.2 Å². The molecule has 2 unspecified atom stereocenters. The van der Waals surface area contributed by atoms with Gasteiger partial charge in [-0.05, 0) is 25.3 Å². The van der Waals surface area contributed by atoms with Crippen LogP contribution >= 0.6 is 0 Å². The first-order valence-corrected chi connectivity index (χ1v) is 7.64. The SMILES string of the molecule is CC(N)C(C)C(=O)NCC1(c2ccccc2)CCCC1. The Morgan fingerprint density at radius 3 is 2.40 bits per heavy atom. The van der Waals surface area contributed by atoms with Crippen LogP contribution in [0.5, 0.6) is 0 Å². The van der Waals surface area contributed by atoms with Gasteiger partial charge in [0.1, 0.15) is 0 Å². The van der Waals surface area contributed by atoms with E-state index in [1.54, 1.807) is 0 Å². The number of carbonyl (C=O) groups excluding carboxylic acids is 1. The first-order valence-electron chi connectivity index (χ1n) is 7.64. The number of hydrogen-bond donors (Lipinski definition) is 2. The molecule has 1 amide bonds. The number of nitrogens with one attached hydrogen (secondary N) is 1. The maximum atomic E-state index is 12.1. The van der Waals surface area contributed by atoms with Gasteiger partial charge in [-0.1, -0.05) is 50.1 Å². The Morgan fingerprint density at radius 1 is 1.25 bits per heavy atom. The van der Waals surface area contributed by atoms with Crippen molar-refractivity contribution >= 4 is 5.91 Å². The molecule has 1 aliphatic rings. The molecule has 1 aliphatic carbocycles. The fourth-order valence-electron chi connectivity index (χ4n) is 3.07. The highest BCUT2D eigenvalue weighted by atomic mass is 16.1. The average molecular weight is 274 g/mol. The minimum atomic E-state index is -0.135. The summed E-state index contributed by atoms with van der Waals surface area (Å²) in [6.45, 7) is 4.50. The van der Waals surface area contributed by atoms with Crippen molar-refractivity contribution in [3.8, 4) is 0 Å². The molecule has 1 fully saturated rings. The van der Waals surface area contributed by atoms with Gasteiger partial charge in [-0.2, -0.15) is 0 Å². The van der Waals surface area contributed by atoms with Crippen LogP contribution in [0.1, 0.15) is 45.1 Å². The summed E-state index contributed by atoms with van der Waals surface area (Å²) in [5.74, 6) is -0.0635. The van der Waals surface area contributed by atoms with Gasteiger partial charge in [0.15, 0.2) is 0 Å². The van der Waals surface area contributed by atoms with E-state index in [4.69, 9.17) is 5.73 Å². The van der Waals surface area contributed by atoms with Gasteiger partial charge >= 0.3 is 0 Å². The van der Waals surface area contributed by atoms with E-state index < -0.39 is 0 Å². The van der Waals surface area contributed by atoms with Crippen LogP contribution in [0.25, 0.3) is 0 Å². The summed E-state index contributed by atoms with van der Waals surface area (Å²) < 4.78 is 0. The molecule has 2 rings (SSSR count). The minimum Gasteiger partial charge on any atom is -0.355 e. The van der Waals surface area contributed by atoms with Crippen molar-refractivity contribution in [1.82, 2.24) is 5.32 Å². The van der Waals surface area contributed by atoms with Crippen LogP contribution in [0.3, 0.4) is 0 Å². The third-order valence-electron chi connectivity index (χ3n) is 4.75. The van der Waals surface area contributed by atoms with Gasteiger partial charge in [0, 0.05) is 23.9 Å². The number of nitrogens with two attached hydrogens (primary N) is 1. The number of amides is 1. The van der Waals surface area contributed by atoms with Gasteiger partial charge in [0.25, 0.3) is 0 Å². The van der Waals surface area contributed by atoms with Crippen molar-refractivity contribution < 1.29 is 4.79 Å². The molecule has 0 aliphatic heterocycles. The fourth-order valence-corrected chi connectivity index (χ4v) is 3.07. The smallest absolute Gasteiger partial charge is 0.224 e. The standard InChI is InChI=1S/C17H26N2O/c1-13(14(2)18)16(20)19-12-17(10-6-7-11-17)15-8-4-3-5-9-15/h3-5,8-9,13-14H,6-7,10-12,18H2,1-2H3,(H,19,20). The zero-order valence-corrected chi connectivity index (χ0v) is 12.6. The summed E-state index contributed by atoms with van der Waals surface area (Å²) in [5.41, 5.74) is 7.28. The average Bonchev–Trinajstić information content (AvgIpc) is 2.95. The van der Waals surface area contributed by atoms with Crippen LogP contribution in [0.2, 0.25) is 0 Å². The number of carbonyl (C=O) groups is 1. The molecular formula is C17H26N2O. The lowest BCUT2D eigenvalue weighted by Gasteiger charge is -2.31. The van der Waals surface area contributed by atoms with Crippen molar-refractivity contribution in [1.29, 1.82) is 0 Å². The van der Waals surface area contributed by atoms with Crippen molar-refractivity contribution in [2.75, 3.05) is 6.54 Å². The lowest BCUT2D eigenvalue weighted by atomic mass is 9.78. The van der Waals surface area contributed by atoms with E-state index in [1.165, 1.54) is 18.4 Å². The molecule has 110 valence electrons. The lowest BCUT2D eigenvalue weighted by molar-refractivity contribution is -0.125. The highest BCUT2D eigenvalue weighted by molar-refractivity contribution is 5.79. The quantitative estimate of drug-likeness (QED) is 0.867. The topological polar surface area (TPSA) is 55.1 Å². The Morgan fingerprint density at radius 2 is 1.85 bits per heavy atom. The Bertz CT molecular complexity index is 436. The predicted octanol–water partition coefficient (Wildman–Crippen LogP) is 2.60. The molecule has 3 N–H and O–H groups in total. The van der Waals surface area contributed by atoms with Crippen LogP contribution < -0.4 is 11.1 Å². The Labute approximate surface area is 121 Å². The highest BCUT2D eigenvalue weighted by Crippen LogP contribution is 2.40. The van der Waals surface area contributed by atoms with Crippen LogP contribution in [0, 0.1) is 5.92 Å². The summed E-state index contributed by atoms with van der Waals surface area (Å²) in [5, 5.41) is 3.13. The summed E-state index contributed by atoms with van der Waals surface area (Å²) in [7, 11) is 0. The first kappa shape index (κ1) is 15.0. The number of rotatable bonds is 5. The monoisotopic (exact) mass is 274 g/mol. The molecule has 0 aromatic heterocycles. The number of benzene rings is 1. The molecule has 3 nitrogen and oxygen atoms in total. The van der Waals surface area contributed by atoms with Gasteiger partial charge in [-0.15, -0.1) is 0 Å². The summed E-state index contributed by atoms with van der Waals surface area (Å²) in [6, 6.07) is 10.5. The molecule has 0 spiro atoms. The molecule has 0 radical (unpaired) electrons. The molecule has 0 heterocycles. The molecule has 1 saturated carbocycles. The second kappa shape index (κ2) is 6.40.